The lowest BCUT2D eigenvalue weighted by molar-refractivity contribution is -0.891. The SMILES string of the molecule is C[NH+](C)[C@@H](CNC(=O)c1cccc(S(=O)(=O)N2CCOCC2)c1)c1ccco1. The number of morpholine rings is 1. The zero-order valence-electron chi connectivity index (χ0n) is 16.1. The third-order valence-electron chi connectivity index (χ3n) is 4.75. The summed E-state index contributed by atoms with van der Waals surface area (Å²) in [5, 5.41) is 2.88. The third kappa shape index (κ3) is 4.61. The molecule has 0 spiro atoms. The molecule has 28 heavy (non-hydrogen) atoms. The van der Waals surface area contributed by atoms with Crippen molar-refractivity contribution in [3.05, 3.63) is 54.0 Å². The lowest BCUT2D eigenvalue weighted by Crippen LogP contribution is -3.07. The van der Waals surface area contributed by atoms with Crippen molar-refractivity contribution in [1.82, 2.24) is 9.62 Å². The molecule has 152 valence electrons. The van der Waals surface area contributed by atoms with Crippen LogP contribution >= 0.6 is 0 Å². The molecule has 1 fully saturated rings. The number of likely N-dealkylation sites (N-methyl/N-ethyl adjacent to an activating group) is 1. The number of carbonyl (C=O) groups is 1. The highest BCUT2D eigenvalue weighted by Gasteiger charge is 2.27. The van der Waals surface area contributed by atoms with E-state index in [4.69, 9.17) is 9.15 Å². The zero-order valence-corrected chi connectivity index (χ0v) is 16.9. The van der Waals surface area contributed by atoms with Crippen molar-refractivity contribution in [2.24, 2.45) is 0 Å². The summed E-state index contributed by atoms with van der Waals surface area (Å²) < 4.78 is 37.7. The topological polar surface area (TPSA) is 93.3 Å². The monoisotopic (exact) mass is 408 g/mol. The van der Waals surface area contributed by atoms with Crippen LogP contribution in [-0.2, 0) is 14.8 Å². The van der Waals surface area contributed by atoms with E-state index >= 15 is 0 Å². The summed E-state index contributed by atoms with van der Waals surface area (Å²) in [6.07, 6.45) is 1.60. The van der Waals surface area contributed by atoms with Crippen molar-refractivity contribution in [2.45, 2.75) is 10.9 Å². The number of nitrogens with zero attached hydrogens (tertiary/aromatic N) is 1. The fourth-order valence-corrected chi connectivity index (χ4v) is 4.56. The molecule has 0 aliphatic carbocycles. The largest absolute Gasteiger partial charge is 0.463 e. The van der Waals surface area contributed by atoms with Gasteiger partial charge in [0.05, 0.1) is 45.0 Å². The van der Waals surface area contributed by atoms with Gasteiger partial charge in [-0.3, -0.25) is 4.79 Å². The maximum atomic E-state index is 12.8. The minimum atomic E-state index is -3.64. The maximum Gasteiger partial charge on any atom is 0.251 e. The molecule has 2 aromatic rings. The van der Waals surface area contributed by atoms with Crippen molar-refractivity contribution in [3.63, 3.8) is 0 Å². The Hall–Kier alpha value is -2.20. The van der Waals surface area contributed by atoms with Gasteiger partial charge < -0.3 is 19.4 Å². The smallest absolute Gasteiger partial charge is 0.251 e. The number of furan rings is 1. The quantitative estimate of drug-likeness (QED) is 0.668. The van der Waals surface area contributed by atoms with E-state index in [0.717, 1.165) is 10.7 Å². The number of carbonyl (C=O) groups excluding carboxylic acids is 1. The van der Waals surface area contributed by atoms with Crippen molar-refractivity contribution in [1.29, 1.82) is 0 Å². The molecule has 1 atom stereocenters. The first-order valence-electron chi connectivity index (χ1n) is 9.19. The number of nitrogens with one attached hydrogen (secondary N) is 2. The Labute approximate surface area is 165 Å². The number of rotatable bonds is 7. The van der Waals surface area contributed by atoms with E-state index in [-0.39, 0.29) is 16.8 Å². The molecule has 9 heteroatoms. The van der Waals surface area contributed by atoms with Crippen molar-refractivity contribution < 1.29 is 27.3 Å². The van der Waals surface area contributed by atoms with Gasteiger partial charge in [-0.2, -0.15) is 4.31 Å². The molecule has 8 nitrogen and oxygen atoms in total. The summed E-state index contributed by atoms with van der Waals surface area (Å²) in [6, 6.07) is 9.77. The number of hydrogen-bond acceptors (Lipinski definition) is 5. The van der Waals surface area contributed by atoms with Gasteiger partial charge in [-0.15, -0.1) is 0 Å². The van der Waals surface area contributed by atoms with Gasteiger partial charge in [0.1, 0.15) is 0 Å². The van der Waals surface area contributed by atoms with E-state index in [1.807, 2.05) is 26.2 Å². The molecule has 3 rings (SSSR count). The van der Waals surface area contributed by atoms with E-state index in [2.05, 4.69) is 5.32 Å². The van der Waals surface area contributed by atoms with E-state index in [1.54, 1.807) is 18.4 Å². The number of benzene rings is 1. The number of ether oxygens (including phenoxy) is 1. The average Bonchev–Trinajstić information content (AvgIpc) is 3.23. The molecular formula is C19H26N3O5S+. The predicted molar refractivity (Wildman–Crippen MR) is 103 cm³/mol. The second-order valence-electron chi connectivity index (χ2n) is 6.90. The van der Waals surface area contributed by atoms with Crippen LogP contribution in [0.2, 0.25) is 0 Å². The standard InChI is InChI=1S/C19H25N3O5S/c1-21(2)17(18-7-4-10-27-18)14-20-19(23)15-5-3-6-16(13-15)28(24,25)22-8-11-26-12-9-22/h3-7,10,13,17H,8-9,11-12,14H2,1-2H3,(H,20,23)/p+1/t17-/m0/s1. The molecule has 1 aromatic heterocycles. The molecule has 0 bridgehead atoms. The van der Waals surface area contributed by atoms with Gasteiger partial charge in [0, 0.05) is 18.7 Å². The predicted octanol–water partition coefficient (Wildman–Crippen LogP) is -0.0839. The average molecular weight is 409 g/mol. The van der Waals surface area contributed by atoms with Crippen LogP contribution in [0.1, 0.15) is 22.2 Å². The van der Waals surface area contributed by atoms with Crippen LogP contribution < -0.4 is 10.2 Å². The molecule has 0 saturated carbocycles. The molecule has 1 saturated heterocycles. The summed E-state index contributed by atoms with van der Waals surface area (Å²) in [5.41, 5.74) is 0.307. The molecule has 1 aliphatic rings. The van der Waals surface area contributed by atoms with Crippen molar-refractivity contribution >= 4 is 15.9 Å². The Morgan fingerprint density at radius 3 is 2.61 bits per heavy atom. The van der Waals surface area contributed by atoms with Crippen LogP contribution in [0.25, 0.3) is 0 Å². The number of hydrogen-bond donors (Lipinski definition) is 2. The number of quaternary nitrogens is 1. The van der Waals surface area contributed by atoms with Crippen LogP contribution in [0.15, 0.2) is 52.0 Å². The Balaban J connectivity index is 1.71. The van der Waals surface area contributed by atoms with Gasteiger partial charge in [0.2, 0.25) is 10.0 Å². The summed E-state index contributed by atoms with van der Waals surface area (Å²) in [4.78, 5) is 13.8. The minimum Gasteiger partial charge on any atom is -0.463 e. The van der Waals surface area contributed by atoms with Gasteiger partial charge in [-0.05, 0) is 30.3 Å². The second kappa shape index (κ2) is 8.87. The fourth-order valence-electron chi connectivity index (χ4n) is 3.11. The second-order valence-corrected chi connectivity index (χ2v) is 8.84. The van der Waals surface area contributed by atoms with Gasteiger partial charge in [-0.25, -0.2) is 8.42 Å². The van der Waals surface area contributed by atoms with Gasteiger partial charge in [-0.1, -0.05) is 6.07 Å². The Bertz CT molecular complexity index is 890. The third-order valence-corrected chi connectivity index (χ3v) is 6.65. The lowest BCUT2D eigenvalue weighted by Gasteiger charge is -2.26. The summed E-state index contributed by atoms with van der Waals surface area (Å²) in [5.74, 6) is 0.459. The first kappa shape index (κ1) is 20.5. The van der Waals surface area contributed by atoms with Crippen LogP contribution in [0, 0.1) is 0 Å². The lowest BCUT2D eigenvalue weighted by atomic mass is 10.2. The fraction of sp³-hybridized carbons (Fsp3) is 0.421. The Morgan fingerprint density at radius 2 is 1.96 bits per heavy atom. The van der Waals surface area contributed by atoms with E-state index < -0.39 is 10.0 Å². The van der Waals surface area contributed by atoms with Gasteiger partial charge in [0.25, 0.3) is 5.91 Å². The summed E-state index contributed by atoms with van der Waals surface area (Å²) >= 11 is 0. The Kier molecular flexibility index (Phi) is 6.50. The van der Waals surface area contributed by atoms with Crippen molar-refractivity contribution in [3.8, 4) is 0 Å². The van der Waals surface area contributed by atoms with E-state index in [9.17, 15) is 13.2 Å². The molecule has 1 aromatic carbocycles. The molecule has 0 radical (unpaired) electrons. The molecular weight excluding hydrogens is 382 g/mol. The van der Waals surface area contributed by atoms with Crippen LogP contribution in [0.4, 0.5) is 0 Å². The normalized spacial score (nSPS) is 16.8. The molecule has 2 N–H and O–H groups in total. The summed E-state index contributed by atoms with van der Waals surface area (Å²) in [6.45, 7) is 1.75. The maximum absolute atomic E-state index is 12.8. The molecule has 0 unspecified atom stereocenters. The van der Waals surface area contributed by atoms with Crippen LogP contribution in [0.5, 0.6) is 0 Å². The molecule has 1 amide bonds. The Morgan fingerprint density at radius 1 is 1.21 bits per heavy atom. The highest BCUT2D eigenvalue weighted by atomic mass is 32.2. The van der Waals surface area contributed by atoms with Gasteiger partial charge >= 0.3 is 0 Å². The highest BCUT2D eigenvalue weighted by Crippen LogP contribution is 2.18. The first-order valence-corrected chi connectivity index (χ1v) is 10.6. The van der Waals surface area contributed by atoms with E-state index in [0.29, 0.717) is 38.4 Å². The summed E-state index contributed by atoms with van der Waals surface area (Å²) in [7, 11) is 0.318. The van der Waals surface area contributed by atoms with Gasteiger partial charge in [0.15, 0.2) is 11.8 Å². The first-order chi connectivity index (χ1) is 13.4. The van der Waals surface area contributed by atoms with Crippen molar-refractivity contribution in [2.75, 3.05) is 46.9 Å². The highest BCUT2D eigenvalue weighted by molar-refractivity contribution is 7.89. The number of sulfonamides is 1. The zero-order chi connectivity index (χ0) is 20.1. The molecule has 1 aliphatic heterocycles. The molecule has 2 heterocycles. The minimum absolute atomic E-state index is 0.0424. The number of amides is 1. The van der Waals surface area contributed by atoms with Crippen LogP contribution in [-0.4, -0.2) is 65.6 Å². The van der Waals surface area contributed by atoms with Crippen LogP contribution in [0.3, 0.4) is 0 Å². The van der Waals surface area contributed by atoms with E-state index in [1.165, 1.54) is 16.4 Å².